The van der Waals surface area contributed by atoms with Crippen LogP contribution in [-0.2, 0) is 17.6 Å². The monoisotopic (exact) mass is 366 g/mol. The topological polar surface area (TPSA) is 59.4 Å². The van der Waals surface area contributed by atoms with Crippen LogP contribution in [0.4, 0.5) is 0 Å². The maximum absolute atomic E-state index is 11.6. The molecule has 0 N–H and O–H groups in total. The lowest BCUT2D eigenvalue weighted by atomic mass is 9.92. The summed E-state index contributed by atoms with van der Waals surface area (Å²) >= 11 is 5.97. The van der Waals surface area contributed by atoms with Crippen molar-refractivity contribution in [3.63, 3.8) is 0 Å². The van der Waals surface area contributed by atoms with Gasteiger partial charge in [-0.25, -0.2) is 0 Å². The minimum Gasteiger partial charge on any atom is -0.269 e. The number of hydrogen-bond donors (Lipinski definition) is 0. The second-order valence-electron chi connectivity index (χ2n) is 6.58. The van der Waals surface area contributed by atoms with E-state index in [1.54, 1.807) is 0 Å². The van der Waals surface area contributed by atoms with E-state index in [4.69, 9.17) is 16.6 Å². The molecule has 5 heteroatoms. The van der Waals surface area contributed by atoms with Crippen molar-refractivity contribution >= 4 is 28.4 Å². The molecule has 26 heavy (non-hydrogen) atoms. The van der Waals surface area contributed by atoms with Crippen LogP contribution in [0, 0.1) is 25.7 Å². The smallest absolute Gasteiger partial charge is 0.269 e. The van der Waals surface area contributed by atoms with E-state index in [0.717, 1.165) is 50.8 Å². The number of halogens is 1. The third-order valence-electron chi connectivity index (χ3n) is 4.63. The number of fused-ring (bicyclic) bond motifs is 1. The molecule has 3 rings (SSSR count). The predicted molar refractivity (Wildman–Crippen MR) is 105 cm³/mol. The summed E-state index contributed by atoms with van der Waals surface area (Å²) in [5.74, 6) is -0.670. The zero-order valence-electron chi connectivity index (χ0n) is 15.0. The summed E-state index contributed by atoms with van der Waals surface area (Å²) in [5, 5.41) is 4.18. The van der Waals surface area contributed by atoms with Gasteiger partial charge in [0.15, 0.2) is 0 Å². The van der Waals surface area contributed by atoms with Crippen molar-refractivity contribution in [1.29, 1.82) is 0 Å². The molecule has 0 spiro atoms. The number of benzene rings is 2. The summed E-state index contributed by atoms with van der Waals surface area (Å²) in [5.41, 5.74) is 6.94. The lowest BCUT2D eigenvalue weighted by molar-refractivity contribution is -0.117. The molecule has 132 valence electrons. The summed E-state index contributed by atoms with van der Waals surface area (Å²) in [6.07, 6.45) is 0.721. The van der Waals surface area contributed by atoms with Crippen molar-refractivity contribution in [2.75, 3.05) is 0 Å². The average molecular weight is 367 g/mol. The van der Waals surface area contributed by atoms with Crippen molar-refractivity contribution in [1.82, 2.24) is 4.98 Å². The Labute approximate surface area is 157 Å². The first kappa shape index (κ1) is 18.2. The van der Waals surface area contributed by atoms with E-state index in [0.29, 0.717) is 5.02 Å². The SMILES string of the molecule is Cc1cc(CC(=O)N=O)c2c(C)c(Cc3ccc(Cl)cc3)c(C)nc2c1. The second kappa shape index (κ2) is 7.34. The minimum absolute atomic E-state index is 0.00630. The van der Waals surface area contributed by atoms with Crippen molar-refractivity contribution < 1.29 is 4.79 Å². The van der Waals surface area contributed by atoms with Crippen LogP contribution in [-0.4, -0.2) is 10.9 Å². The number of hydrogen-bond acceptors (Lipinski definition) is 3. The number of nitrogens with zero attached hydrogens (tertiary/aromatic N) is 2. The minimum atomic E-state index is -0.670. The Kier molecular flexibility index (Phi) is 5.14. The van der Waals surface area contributed by atoms with Gasteiger partial charge in [-0.1, -0.05) is 29.8 Å². The number of pyridine rings is 1. The summed E-state index contributed by atoms with van der Waals surface area (Å²) in [7, 11) is 0. The van der Waals surface area contributed by atoms with Crippen LogP contribution in [0.3, 0.4) is 0 Å². The van der Waals surface area contributed by atoms with Crippen LogP contribution >= 0.6 is 11.6 Å². The molecule has 4 nitrogen and oxygen atoms in total. The van der Waals surface area contributed by atoms with Gasteiger partial charge in [0.2, 0.25) is 0 Å². The molecule has 0 saturated heterocycles. The normalized spacial score (nSPS) is 10.9. The molecule has 0 aliphatic rings. The molecule has 0 radical (unpaired) electrons. The molecule has 3 aromatic rings. The van der Waals surface area contributed by atoms with Crippen LogP contribution in [0.25, 0.3) is 10.9 Å². The van der Waals surface area contributed by atoms with Crippen molar-refractivity contribution in [2.45, 2.75) is 33.6 Å². The van der Waals surface area contributed by atoms with Crippen molar-refractivity contribution in [3.05, 3.63) is 79.8 Å². The van der Waals surface area contributed by atoms with E-state index in [9.17, 15) is 9.70 Å². The van der Waals surface area contributed by atoms with E-state index < -0.39 is 5.91 Å². The molecule has 0 unspecified atom stereocenters. The van der Waals surface area contributed by atoms with E-state index in [1.165, 1.54) is 0 Å². The molecule has 1 aromatic heterocycles. The lowest BCUT2D eigenvalue weighted by Crippen LogP contribution is -2.05. The predicted octanol–water partition coefficient (Wildman–Crippen LogP) is 5.24. The van der Waals surface area contributed by atoms with Gasteiger partial charge in [-0.3, -0.25) is 9.78 Å². The second-order valence-corrected chi connectivity index (χ2v) is 7.02. The van der Waals surface area contributed by atoms with E-state index >= 15 is 0 Å². The summed E-state index contributed by atoms with van der Waals surface area (Å²) < 4.78 is 0. The molecule has 1 amide bonds. The number of nitroso groups, excluding NO2 is 1. The van der Waals surface area contributed by atoms with Gasteiger partial charge in [0.1, 0.15) is 0 Å². The van der Waals surface area contributed by atoms with Gasteiger partial charge in [-0.2, -0.15) is 0 Å². The lowest BCUT2D eigenvalue weighted by Gasteiger charge is -2.16. The Balaban J connectivity index is 2.16. The third-order valence-corrected chi connectivity index (χ3v) is 4.89. The van der Waals surface area contributed by atoms with Gasteiger partial charge in [0.05, 0.1) is 11.9 Å². The quantitative estimate of drug-likeness (QED) is 0.593. The Bertz CT molecular complexity index is 1010. The molecule has 0 bridgehead atoms. The fourth-order valence-corrected chi connectivity index (χ4v) is 3.56. The first-order valence-corrected chi connectivity index (χ1v) is 8.76. The number of aromatic nitrogens is 1. The first-order valence-electron chi connectivity index (χ1n) is 8.39. The fraction of sp³-hybridized carbons (Fsp3) is 0.238. The molecule has 0 fully saturated rings. The third kappa shape index (κ3) is 3.65. The average Bonchev–Trinajstić information content (AvgIpc) is 2.59. The highest BCUT2D eigenvalue weighted by atomic mass is 35.5. The van der Waals surface area contributed by atoms with Gasteiger partial charge >= 0.3 is 0 Å². The molecule has 0 saturated carbocycles. The summed E-state index contributed by atoms with van der Waals surface area (Å²) in [4.78, 5) is 26.9. The Morgan fingerprint density at radius 1 is 1.12 bits per heavy atom. The zero-order chi connectivity index (χ0) is 18.8. The molecule has 0 aliphatic heterocycles. The molecule has 0 atom stereocenters. The van der Waals surface area contributed by atoms with Gasteiger partial charge in [0.25, 0.3) is 5.91 Å². The van der Waals surface area contributed by atoms with E-state index in [1.807, 2.05) is 57.2 Å². The molecule has 1 heterocycles. The maximum atomic E-state index is 11.6. The number of aryl methyl sites for hydroxylation is 3. The molecule has 2 aromatic carbocycles. The maximum Gasteiger partial charge on any atom is 0.290 e. The van der Waals surface area contributed by atoms with Crippen LogP contribution in [0.1, 0.15) is 33.5 Å². The zero-order valence-corrected chi connectivity index (χ0v) is 15.7. The highest BCUT2D eigenvalue weighted by Gasteiger charge is 2.16. The number of carbonyl (C=O) groups excluding carboxylic acids is 1. The Hall–Kier alpha value is -2.59. The van der Waals surface area contributed by atoms with E-state index in [-0.39, 0.29) is 6.42 Å². The fourth-order valence-electron chi connectivity index (χ4n) is 3.43. The molecular weight excluding hydrogens is 348 g/mol. The van der Waals surface area contributed by atoms with Crippen LogP contribution < -0.4 is 0 Å². The van der Waals surface area contributed by atoms with Gasteiger partial charge in [-0.15, -0.1) is 4.91 Å². The van der Waals surface area contributed by atoms with Crippen LogP contribution in [0.5, 0.6) is 0 Å². The Morgan fingerprint density at radius 3 is 2.46 bits per heavy atom. The highest BCUT2D eigenvalue weighted by molar-refractivity contribution is 6.30. The highest BCUT2D eigenvalue weighted by Crippen LogP contribution is 2.29. The summed E-state index contributed by atoms with van der Waals surface area (Å²) in [6, 6.07) is 11.7. The van der Waals surface area contributed by atoms with E-state index in [2.05, 4.69) is 5.18 Å². The first-order chi connectivity index (χ1) is 12.4. The van der Waals surface area contributed by atoms with Gasteiger partial charge in [-0.05, 0) is 73.2 Å². The summed E-state index contributed by atoms with van der Waals surface area (Å²) in [6.45, 7) is 5.99. The van der Waals surface area contributed by atoms with Crippen molar-refractivity contribution in [3.8, 4) is 0 Å². The number of rotatable bonds is 4. The number of carbonyl (C=O) groups is 1. The van der Waals surface area contributed by atoms with Gasteiger partial charge in [0, 0.05) is 21.3 Å². The standard InChI is InChI=1S/C21H19ClN2O2/c1-12-8-16(11-20(25)24-26)21-13(2)18(14(3)23-19(21)9-12)10-15-4-6-17(22)7-5-15/h4-9H,10-11H2,1-3H3. The number of amides is 1. The Morgan fingerprint density at radius 2 is 1.81 bits per heavy atom. The van der Waals surface area contributed by atoms with Crippen LogP contribution in [0.2, 0.25) is 5.02 Å². The van der Waals surface area contributed by atoms with Crippen molar-refractivity contribution in [2.24, 2.45) is 5.18 Å². The molecule has 0 aliphatic carbocycles. The van der Waals surface area contributed by atoms with Crippen LogP contribution in [0.15, 0.2) is 41.6 Å². The van der Waals surface area contributed by atoms with Gasteiger partial charge < -0.3 is 0 Å². The molecular formula is C21H19ClN2O2. The largest absolute Gasteiger partial charge is 0.290 e.